The first-order valence-corrected chi connectivity index (χ1v) is 16.6. The molecular formula is C38H46N4O8. The molecule has 2 heterocycles. The van der Waals surface area contributed by atoms with Crippen molar-refractivity contribution in [3.05, 3.63) is 67.3 Å². The van der Waals surface area contributed by atoms with Crippen molar-refractivity contribution in [2.75, 3.05) is 13.7 Å². The van der Waals surface area contributed by atoms with Crippen LogP contribution in [0.15, 0.2) is 67.3 Å². The lowest BCUT2D eigenvalue weighted by atomic mass is 9.85. The number of hydrogen-bond acceptors (Lipinski definition) is 8. The van der Waals surface area contributed by atoms with E-state index in [2.05, 4.69) is 17.2 Å². The Kier molecular flexibility index (Phi) is 9.87. The molecule has 3 aromatic rings. The summed E-state index contributed by atoms with van der Waals surface area (Å²) in [5, 5.41) is 16.1. The van der Waals surface area contributed by atoms with Gasteiger partial charge in [-0.1, -0.05) is 57.2 Å². The summed E-state index contributed by atoms with van der Waals surface area (Å²) in [5.74, 6) is -1.67. The van der Waals surface area contributed by atoms with E-state index < -0.39 is 64.5 Å². The van der Waals surface area contributed by atoms with Gasteiger partial charge in [-0.15, -0.1) is 6.58 Å². The van der Waals surface area contributed by atoms with Crippen molar-refractivity contribution < 1.29 is 38.5 Å². The Balaban J connectivity index is 1.51. The first-order valence-electron chi connectivity index (χ1n) is 16.6. The molecule has 5 rings (SSSR count). The largest absolute Gasteiger partial charge is 0.497 e. The molecular weight excluding hydrogens is 640 g/mol. The van der Waals surface area contributed by atoms with E-state index in [4.69, 9.17) is 19.2 Å². The molecule has 12 heteroatoms. The lowest BCUT2D eigenvalue weighted by Crippen LogP contribution is -2.59. The molecule has 1 aromatic heterocycles. The number of rotatable bonds is 10. The van der Waals surface area contributed by atoms with Crippen molar-refractivity contribution in [2.24, 2.45) is 11.3 Å². The zero-order valence-corrected chi connectivity index (χ0v) is 29.6. The molecule has 2 fully saturated rings. The van der Waals surface area contributed by atoms with E-state index >= 15 is 0 Å². The van der Waals surface area contributed by atoms with Gasteiger partial charge in [-0.3, -0.25) is 9.59 Å². The van der Waals surface area contributed by atoms with E-state index in [9.17, 15) is 24.3 Å². The molecule has 5 atom stereocenters. The lowest BCUT2D eigenvalue weighted by Gasteiger charge is -2.35. The SMILES string of the molecule is C=C[C@@H]1C[C@]1(NC(=O)[C@@H]1C[C@@H](Oc2cc(-c3ccccc3)nc3cc(OC)ccc23)CN1C(=O)[C@H](NC(=O)OC(C)(C)C)C(C)(C)C)C(=O)O. The second-order valence-corrected chi connectivity index (χ2v) is 15.0. The molecule has 2 aromatic carbocycles. The number of carbonyl (C=O) groups is 4. The number of carboxylic acids is 1. The Morgan fingerprint density at radius 3 is 2.34 bits per heavy atom. The highest BCUT2D eigenvalue weighted by Crippen LogP contribution is 2.45. The summed E-state index contributed by atoms with van der Waals surface area (Å²) < 4.78 is 17.5. The van der Waals surface area contributed by atoms with Crippen LogP contribution in [0.1, 0.15) is 54.4 Å². The van der Waals surface area contributed by atoms with Crippen LogP contribution in [0.3, 0.4) is 0 Å². The smallest absolute Gasteiger partial charge is 0.408 e. The van der Waals surface area contributed by atoms with E-state index in [0.29, 0.717) is 28.1 Å². The maximum atomic E-state index is 14.4. The number of alkyl carbamates (subject to hydrolysis) is 1. The Morgan fingerprint density at radius 2 is 1.76 bits per heavy atom. The third kappa shape index (κ3) is 7.69. The van der Waals surface area contributed by atoms with E-state index in [-0.39, 0.29) is 19.4 Å². The number of methoxy groups -OCH3 is 1. The van der Waals surface area contributed by atoms with E-state index in [1.807, 2.05) is 48.5 Å². The van der Waals surface area contributed by atoms with Crippen LogP contribution in [-0.4, -0.2) is 81.8 Å². The van der Waals surface area contributed by atoms with Crippen LogP contribution < -0.4 is 20.1 Å². The number of benzene rings is 2. The number of fused-ring (bicyclic) bond motifs is 1. The van der Waals surface area contributed by atoms with Crippen molar-refractivity contribution in [3.63, 3.8) is 0 Å². The lowest BCUT2D eigenvalue weighted by molar-refractivity contribution is -0.146. The zero-order valence-electron chi connectivity index (χ0n) is 29.6. The molecule has 1 aliphatic carbocycles. The van der Waals surface area contributed by atoms with Crippen molar-refractivity contribution >= 4 is 34.8 Å². The van der Waals surface area contributed by atoms with Crippen molar-refractivity contribution in [1.82, 2.24) is 20.5 Å². The Hall–Kier alpha value is -5.13. The number of carboxylic acid groups (broad SMARTS) is 1. The summed E-state index contributed by atoms with van der Waals surface area (Å²) in [4.78, 5) is 59.8. The van der Waals surface area contributed by atoms with Gasteiger partial charge in [0, 0.05) is 35.4 Å². The second-order valence-electron chi connectivity index (χ2n) is 15.0. The van der Waals surface area contributed by atoms with Crippen LogP contribution in [0.5, 0.6) is 11.5 Å². The number of ether oxygens (including phenoxy) is 3. The van der Waals surface area contributed by atoms with E-state index in [1.165, 1.54) is 11.0 Å². The molecule has 0 bridgehead atoms. The Bertz CT molecular complexity index is 1800. The molecule has 0 unspecified atom stereocenters. The van der Waals surface area contributed by atoms with Gasteiger partial charge in [0.25, 0.3) is 0 Å². The highest BCUT2D eigenvalue weighted by Gasteiger charge is 2.61. The molecule has 3 amide bonds. The average molecular weight is 687 g/mol. The van der Waals surface area contributed by atoms with Crippen LogP contribution in [0.25, 0.3) is 22.2 Å². The van der Waals surface area contributed by atoms with Gasteiger partial charge >= 0.3 is 12.1 Å². The van der Waals surface area contributed by atoms with Gasteiger partial charge in [0.1, 0.15) is 40.8 Å². The average Bonchev–Trinajstić information content (AvgIpc) is 3.61. The standard InChI is InChI=1S/C38H46N4O8/c1-9-23-20-38(23,34(45)46)41-32(43)29-18-25(21-42(29)33(44)31(36(2,3)4)40-35(47)50-37(5,6)7)49-30-19-27(22-13-11-10-12-14-22)39-28-17-24(48-8)15-16-26(28)30/h9-17,19,23,25,29,31H,1,18,20-21H2,2-8H3,(H,40,47)(H,41,43)(H,45,46)/t23-,25-,29+,31+,38-/m1/s1. The fourth-order valence-electron chi connectivity index (χ4n) is 6.27. The summed E-state index contributed by atoms with van der Waals surface area (Å²) in [6.07, 6.45) is 0.311. The van der Waals surface area contributed by atoms with Gasteiger partial charge < -0.3 is 34.9 Å². The molecule has 1 saturated carbocycles. The van der Waals surface area contributed by atoms with Gasteiger partial charge in [0.05, 0.1) is 24.9 Å². The number of aliphatic carboxylic acids is 1. The first-order chi connectivity index (χ1) is 23.5. The number of amides is 3. The molecule has 0 spiro atoms. The summed E-state index contributed by atoms with van der Waals surface area (Å²) in [6, 6.07) is 14.7. The van der Waals surface area contributed by atoms with Gasteiger partial charge in [0.2, 0.25) is 11.8 Å². The summed E-state index contributed by atoms with van der Waals surface area (Å²) >= 11 is 0. The van der Waals surface area contributed by atoms with Crippen molar-refractivity contribution in [2.45, 2.75) is 83.7 Å². The minimum atomic E-state index is -1.50. The minimum absolute atomic E-state index is 0.00883. The van der Waals surface area contributed by atoms with Crippen LogP contribution in [0, 0.1) is 11.3 Å². The Morgan fingerprint density at radius 1 is 1.06 bits per heavy atom. The predicted molar refractivity (Wildman–Crippen MR) is 188 cm³/mol. The van der Waals surface area contributed by atoms with Crippen LogP contribution in [0.2, 0.25) is 0 Å². The van der Waals surface area contributed by atoms with Crippen molar-refractivity contribution in [1.29, 1.82) is 0 Å². The topological polar surface area (TPSA) is 156 Å². The molecule has 2 aliphatic rings. The zero-order chi connectivity index (χ0) is 36.6. The van der Waals surface area contributed by atoms with Gasteiger partial charge in [0.15, 0.2) is 0 Å². The third-order valence-electron chi connectivity index (χ3n) is 8.99. The highest BCUT2D eigenvalue weighted by atomic mass is 16.6. The monoisotopic (exact) mass is 686 g/mol. The summed E-state index contributed by atoms with van der Waals surface area (Å²) in [7, 11) is 1.57. The first kappa shape index (κ1) is 36.2. The molecule has 266 valence electrons. The van der Waals surface area contributed by atoms with Gasteiger partial charge in [-0.2, -0.15) is 0 Å². The molecule has 1 aliphatic heterocycles. The molecule has 12 nitrogen and oxygen atoms in total. The minimum Gasteiger partial charge on any atom is -0.497 e. The van der Waals surface area contributed by atoms with Crippen LogP contribution >= 0.6 is 0 Å². The number of carbonyl (C=O) groups excluding carboxylic acids is 3. The number of pyridine rings is 1. The van der Waals surface area contributed by atoms with E-state index in [1.54, 1.807) is 54.7 Å². The van der Waals surface area contributed by atoms with E-state index in [0.717, 1.165) is 5.56 Å². The number of hydrogen-bond donors (Lipinski definition) is 3. The van der Waals surface area contributed by atoms with Crippen molar-refractivity contribution in [3.8, 4) is 22.8 Å². The fraction of sp³-hybridized carbons (Fsp3) is 0.447. The predicted octanol–water partition coefficient (Wildman–Crippen LogP) is 5.34. The molecule has 1 saturated heterocycles. The normalized spacial score (nSPS) is 22.3. The summed E-state index contributed by atoms with van der Waals surface area (Å²) in [5.41, 5.74) is -0.950. The van der Waals surface area contributed by atoms with Gasteiger partial charge in [-0.05, 0) is 44.7 Å². The molecule has 3 N–H and O–H groups in total. The third-order valence-corrected chi connectivity index (χ3v) is 8.99. The van der Waals surface area contributed by atoms with Crippen LogP contribution in [-0.2, 0) is 19.1 Å². The number of likely N-dealkylation sites (tertiary alicyclic amines) is 1. The Labute approximate surface area is 292 Å². The fourth-order valence-corrected chi connectivity index (χ4v) is 6.27. The number of nitrogens with zero attached hydrogens (tertiary/aromatic N) is 2. The van der Waals surface area contributed by atoms with Crippen LogP contribution in [0.4, 0.5) is 4.79 Å². The molecule has 50 heavy (non-hydrogen) atoms. The molecule has 0 radical (unpaired) electrons. The van der Waals surface area contributed by atoms with Gasteiger partial charge in [-0.25, -0.2) is 14.6 Å². The quantitative estimate of drug-likeness (QED) is 0.240. The summed E-state index contributed by atoms with van der Waals surface area (Å²) in [6.45, 7) is 14.3. The second kappa shape index (κ2) is 13.6. The number of nitrogens with one attached hydrogen (secondary N) is 2. The maximum absolute atomic E-state index is 14.4. The highest BCUT2D eigenvalue weighted by molar-refractivity contribution is 5.96. The maximum Gasteiger partial charge on any atom is 0.408 e. The number of aromatic nitrogens is 1.